The summed E-state index contributed by atoms with van der Waals surface area (Å²) in [6.45, 7) is 0.766. The molecule has 4 N–H and O–H groups in total. The second kappa shape index (κ2) is 5.48. The Labute approximate surface area is 124 Å². The van der Waals surface area contributed by atoms with Crippen LogP contribution in [0.3, 0.4) is 0 Å². The van der Waals surface area contributed by atoms with Gasteiger partial charge in [-0.1, -0.05) is 30.3 Å². The third-order valence-corrected chi connectivity index (χ3v) is 4.00. The Balaban J connectivity index is 1.90. The van der Waals surface area contributed by atoms with Crippen molar-refractivity contribution in [3.63, 3.8) is 0 Å². The van der Waals surface area contributed by atoms with Crippen LogP contribution in [0.1, 0.15) is 34.8 Å². The first-order valence-electron chi connectivity index (χ1n) is 7.18. The van der Waals surface area contributed by atoms with Crippen molar-refractivity contribution in [1.82, 2.24) is 4.90 Å². The molecule has 2 aromatic carbocycles. The molecule has 0 bridgehead atoms. The van der Waals surface area contributed by atoms with Gasteiger partial charge in [-0.25, -0.2) is 0 Å². The van der Waals surface area contributed by atoms with Crippen LogP contribution >= 0.6 is 0 Å². The van der Waals surface area contributed by atoms with Crippen molar-refractivity contribution in [3.05, 3.63) is 59.7 Å². The number of likely N-dealkylation sites (tertiary alicyclic amines) is 1. The van der Waals surface area contributed by atoms with Crippen molar-refractivity contribution in [1.29, 1.82) is 0 Å². The first kappa shape index (κ1) is 13.5. The van der Waals surface area contributed by atoms with Crippen LogP contribution in [-0.4, -0.2) is 17.4 Å². The van der Waals surface area contributed by atoms with Crippen LogP contribution in [0.2, 0.25) is 0 Å². The molecule has 2 aromatic rings. The number of nitrogens with two attached hydrogens (primary N) is 2. The van der Waals surface area contributed by atoms with E-state index in [1.807, 2.05) is 23.1 Å². The number of carbonyl (C=O) groups is 1. The lowest BCUT2D eigenvalue weighted by molar-refractivity contribution is 0.0737. The molecule has 4 nitrogen and oxygen atoms in total. The summed E-state index contributed by atoms with van der Waals surface area (Å²) >= 11 is 0. The van der Waals surface area contributed by atoms with E-state index in [2.05, 4.69) is 12.1 Å². The van der Waals surface area contributed by atoms with E-state index < -0.39 is 0 Å². The lowest BCUT2D eigenvalue weighted by atomic mass is 10.0. The molecule has 1 atom stereocenters. The zero-order valence-corrected chi connectivity index (χ0v) is 11.8. The highest BCUT2D eigenvalue weighted by Gasteiger charge is 2.31. The van der Waals surface area contributed by atoms with Gasteiger partial charge >= 0.3 is 0 Å². The zero-order valence-electron chi connectivity index (χ0n) is 11.8. The summed E-state index contributed by atoms with van der Waals surface area (Å²) in [6.07, 6.45) is 2.00. The molecule has 1 aliphatic heterocycles. The normalized spacial score (nSPS) is 17.9. The van der Waals surface area contributed by atoms with Gasteiger partial charge in [-0.15, -0.1) is 0 Å². The number of anilines is 2. The minimum absolute atomic E-state index is 0.0150. The highest BCUT2D eigenvalue weighted by Crippen LogP contribution is 2.33. The average molecular weight is 281 g/mol. The van der Waals surface area contributed by atoms with Crippen molar-refractivity contribution in [2.45, 2.75) is 18.9 Å². The number of carbonyl (C=O) groups excluding carboxylic acids is 1. The first-order chi connectivity index (χ1) is 10.2. The number of nitrogen functional groups attached to an aromatic ring is 2. The summed E-state index contributed by atoms with van der Waals surface area (Å²) in [6, 6.07) is 15.4. The molecule has 108 valence electrons. The van der Waals surface area contributed by atoms with E-state index >= 15 is 0 Å². The Bertz CT molecular complexity index is 654. The highest BCUT2D eigenvalue weighted by molar-refractivity contribution is 6.00. The maximum atomic E-state index is 12.8. The molecule has 1 amide bonds. The molecule has 0 spiro atoms. The van der Waals surface area contributed by atoms with Crippen molar-refractivity contribution in [2.24, 2.45) is 0 Å². The number of rotatable bonds is 2. The Hall–Kier alpha value is -2.49. The van der Waals surface area contributed by atoms with E-state index in [-0.39, 0.29) is 11.9 Å². The van der Waals surface area contributed by atoms with Gasteiger partial charge in [0, 0.05) is 17.9 Å². The predicted molar refractivity (Wildman–Crippen MR) is 84.7 cm³/mol. The predicted octanol–water partition coefficient (Wildman–Crippen LogP) is 2.83. The molecule has 0 saturated carbocycles. The third-order valence-electron chi connectivity index (χ3n) is 4.00. The summed E-state index contributed by atoms with van der Waals surface area (Å²) in [7, 11) is 0. The van der Waals surface area contributed by atoms with Crippen molar-refractivity contribution < 1.29 is 4.79 Å². The monoisotopic (exact) mass is 281 g/mol. The van der Waals surface area contributed by atoms with Gasteiger partial charge in [-0.05, 0) is 36.6 Å². The third kappa shape index (κ3) is 2.57. The van der Waals surface area contributed by atoms with Crippen molar-refractivity contribution >= 4 is 17.3 Å². The second-order valence-electron chi connectivity index (χ2n) is 5.41. The van der Waals surface area contributed by atoms with Gasteiger partial charge in [0.1, 0.15) is 0 Å². The molecule has 1 aliphatic rings. The van der Waals surface area contributed by atoms with Crippen LogP contribution in [0.4, 0.5) is 11.4 Å². The minimum Gasteiger partial charge on any atom is -0.399 e. The quantitative estimate of drug-likeness (QED) is 0.831. The molecule has 0 aliphatic carbocycles. The van der Waals surface area contributed by atoms with Crippen LogP contribution in [0.15, 0.2) is 48.5 Å². The summed E-state index contributed by atoms with van der Waals surface area (Å²) in [5.74, 6) is -0.0150. The van der Waals surface area contributed by atoms with Crippen molar-refractivity contribution in [2.75, 3.05) is 18.0 Å². The van der Waals surface area contributed by atoms with Crippen LogP contribution in [0, 0.1) is 0 Å². The fraction of sp³-hybridized carbons (Fsp3) is 0.235. The topological polar surface area (TPSA) is 72.4 Å². The smallest absolute Gasteiger partial charge is 0.256 e. The largest absolute Gasteiger partial charge is 0.399 e. The van der Waals surface area contributed by atoms with Gasteiger partial charge in [0.05, 0.1) is 11.6 Å². The summed E-state index contributed by atoms with van der Waals surface area (Å²) in [5, 5.41) is 0. The zero-order chi connectivity index (χ0) is 14.8. The standard InChI is InChI=1S/C17H19N3O/c18-13-8-9-14(15(19)11-13)17(21)20-10-4-7-16(20)12-5-2-1-3-6-12/h1-3,5-6,8-9,11,16H,4,7,10,18-19H2. The van der Waals surface area contributed by atoms with Crippen molar-refractivity contribution in [3.8, 4) is 0 Å². The van der Waals surface area contributed by atoms with Crippen LogP contribution in [-0.2, 0) is 0 Å². The SMILES string of the molecule is Nc1ccc(C(=O)N2CCCC2c2ccccc2)c(N)c1. The van der Waals surface area contributed by atoms with E-state index in [9.17, 15) is 4.79 Å². The summed E-state index contributed by atoms with van der Waals surface area (Å²) in [5.41, 5.74) is 14.4. The molecule has 1 unspecified atom stereocenters. The Kier molecular flexibility index (Phi) is 3.52. The Morgan fingerprint density at radius 1 is 1.10 bits per heavy atom. The molecular formula is C17H19N3O. The maximum Gasteiger partial charge on any atom is 0.256 e. The molecular weight excluding hydrogens is 262 g/mol. The molecule has 21 heavy (non-hydrogen) atoms. The number of hydrogen-bond acceptors (Lipinski definition) is 3. The van der Waals surface area contributed by atoms with Crippen LogP contribution in [0.5, 0.6) is 0 Å². The number of benzene rings is 2. The second-order valence-corrected chi connectivity index (χ2v) is 5.41. The molecule has 0 radical (unpaired) electrons. The molecule has 4 heteroatoms. The summed E-state index contributed by atoms with van der Waals surface area (Å²) in [4.78, 5) is 14.7. The molecule has 1 heterocycles. The molecule has 0 aromatic heterocycles. The Morgan fingerprint density at radius 3 is 2.57 bits per heavy atom. The van der Waals surface area contributed by atoms with Gasteiger partial charge in [-0.3, -0.25) is 4.79 Å². The summed E-state index contributed by atoms with van der Waals surface area (Å²) < 4.78 is 0. The number of hydrogen-bond donors (Lipinski definition) is 2. The van der Waals surface area contributed by atoms with Gasteiger partial charge in [0.25, 0.3) is 5.91 Å². The number of nitrogens with zero attached hydrogens (tertiary/aromatic N) is 1. The fourth-order valence-electron chi connectivity index (χ4n) is 2.96. The van der Waals surface area contributed by atoms with E-state index in [0.717, 1.165) is 19.4 Å². The van der Waals surface area contributed by atoms with Crippen LogP contribution < -0.4 is 11.5 Å². The van der Waals surface area contributed by atoms with Gasteiger partial charge < -0.3 is 16.4 Å². The number of amides is 1. The lowest BCUT2D eigenvalue weighted by Gasteiger charge is -2.25. The lowest BCUT2D eigenvalue weighted by Crippen LogP contribution is -2.31. The van der Waals surface area contributed by atoms with Gasteiger partial charge in [0.15, 0.2) is 0 Å². The average Bonchev–Trinajstić information content (AvgIpc) is 2.97. The molecule has 3 rings (SSSR count). The maximum absolute atomic E-state index is 12.8. The van der Waals surface area contributed by atoms with E-state index in [1.165, 1.54) is 5.56 Å². The fourth-order valence-corrected chi connectivity index (χ4v) is 2.96. The Morgan fingerprint density at radius 2 is 1.86 bits per heavy atom. The van der Waals surface area contributed by atoms with Gasteiger partial charge in [-0.2, -0.15) is 0 Å². The van der Waals surface area contributed by atoms with E-state index in [1.54, 1.807) is 18.2 Å². The minimum atomic E-state index is -0.0150. The first-order valence-corrected chi connectivity index (χ1v) is 7.18. The molecule has 1 fully saturated rings. The van der Waals surface area contributed by atoms with Crippen LogP contribution in [0.25, 0.3) is 0 Å². The highest BCUT2D eigenvalue weighted by atomic mass is 16.2. The van der Waals surface area contributed by atoms with Gasteiger partial charge in [0.2, 0.25) is 0 Å². The molecule has 1 saturated heterocycles. The van der Waals surface area contributed by atoms with E-state index in [0.29, 0.717) is 16.9 Å². The van der Waals surface area contributed by atoms with E-state index in [4.69, 9.17) is 11.5 Å².